The van der Waals surface area contributed by atoms with E-state index in [9.17, 15) is 13.2 Å². The van der Waals surface area contributed by atoms with Gasteiger partial charge in [0, 0.05) is 25.9 Å². The van der Waals surface area contributed by atoms with Crippen molar-refractivity contribution in [1.29, 1.82) is 0 Å². The molecule has 1 atom stereocenters. The maximum Gasteiger partial charge on any atom is 0.239 e. The van der Waals surface area contributed by atoms with Crippen LogP contribution in [0.2, 0.25) is 0 Å². The van der Waals surface area contributed by atoms with Crippen molar-refractivity contribution in [3.8, 4) is 0 Å². The van der Waals surface area contributed by atoms with E-state index in [-0.39, 0.29) is 18.1 Å². The van der Waals surface area contributed by atoms with Gasteiger partial charge < -0.3 is 15.5 Å². The fourth-order valence-electron chi connectivity index (χ4n) is 1.75. The first-order chi connectivity index (χ1) is 9.03. The lowest BCUT2D eigenvalue weighted by Crippen LogP contribution is -2.47. The standard InChI is InChI=1S/C13H29N3O3S/c1-11(2)10-16(8-7-15(3)4)13(17)12(14)6-9-20(5,18)19/h11-12H,6-10,14H2,1-5H3. The number of carbonyl (C=O) groups is 1. The van der Waals surface area contributed by atoms with Gasteiger partial charge >= 0.3 is 0 Å². The lowest BCUT2D eigenvalue weighted by molar-refractivity contribution is -0.133. The van der Waals surface area contributed by atoms with Crippen LogP contribution in [0.15, 0.2) is 0 Å². The van der Waals surface area contributed by atoms with Crippen molar-refractivity contribution in [2.75, 3.05) is 45.7 Å². The number of likely N-dealkylation sites (N-methyl/N-ethyl adjacent to an activating group) is 1. The lowest BCUT2D eigenvalue weighted by atomic mass is 10.1. The van der Waals surface area contributed by atoms with Gasteiger partial charge in [-0.3, -0.25) is 4.79 Å². The monoisotopic (exact) mass is 307 g/mol. The van der Waals surface area contributed by atoms with Crippen LogP contribution in [-0.4, -0.2) is 75.9 Å². The average molecular weight is 307 g/mol. The third kappa shape index (κ3) is 9.28. The molecule has 0 saturated heterocycles. The van der Waals surface area contributed by atoms with Crippen molar-refractivity contribution in [2.45, 2.75) is 26.3 Å². The molecule has 0 bridgehead atoms. The number of carbonyl (C=O) groups excluding carboxylic acids is 1. The predicted octanol–water partition coefficient (Wildman–Crippen LogP) is -0.205. The van der Waals surface area contributed by atoms with E-state index in [1.54, 1.807) is 4.90 Å². The predicted molar refractivity (Wildman–Crippen MR) is 82.3 cm³/mol. The second-order valence-electron chi connectivity index (χ2n) is 6.01. The van der Waals surface area contributed by atoms with Crippen molar-refractivity contribution in [3.05, 3.63) is 0 Å². The molecule has 0 aromatic rings. The molecule has 0 radical (unpaired) electrons. The highest BCUT2D eigenvalue weighted by Crippen LogP contribution is 2.04. The number of hydrogen-bond donors (Lipinski definition) is 1. The van der Waals surface area contributed by atoms with Crippen LogP contribution in [0.4, 0.5) is 0 Å². The molecule has 0 aromatic carbocycles. The molecule has 0 saturated carbocycles. The van der Waals surface area contributed by atoms with Crippen LogP contribution < -0.4 is 5.73 Å². The molecule has 120 valence electrons. The summed E-state index contributed by atoms with van der Waals surface area (Å²) in [6, 6.07) is -0.745. The van der Waals surface area contributed by atoms with Crippen LogP contribution in [0.5, 0.6) is 0 Å². The fraction of sp³-hybridized carbons (Fsp3) is 0.923. The normalized spacial score (nSPS) is 13.8. The minimum absolute atomic E-state index is 0.0525. The van der Waals surface area contributed by atoms with Crippen LogP contribution in [0, 0.1) is 5.92 Å². The molecule has 0 aliphatic carbocycles. The molecule has 6 nitrogen and oxygen atoms in total. The van der Waals surface area contributed by atoms with Gasteiger partial charge in [-0.15, -0.1) is 0 Å². The van der Waals surface area contributed by atoms with Crippen molar-refractivity contribution >= 4 is 15.7 Å². The van der Waals surface area contributed by atoms with Crippen LogP contribution >= 0.6 is 0 Å². The molecular weight excluding hydrogens is 278 g/mol. The van der Waals surface area contributed by atoms with Gasteiger partial charge in [0.1, 0.15) is 9.84 Å². The van der Waals surface area contributed by atoms with E-state index in [0.717, 1.165) is 12.8 Å². The van der Waals surface area contributed by atoms with Gasteiger partial charge in [0.25, 0.3) is 0 Å². The highest BCUT2D eigenvalue weighted by molar-refractivity contribution is 7.90. The van der Waals surface area contributed by atoms with Crippen molar-refractivity contribution in [1.82, 2.24) is 9.80 Å². The van der Waals surface area contributed by atoms with Crippen LogP contribution in [0.1, 0.15) is 20.3 Å². The van der Waals surface area contributed by atoms with E-state index in [1.165, 1.54) is 0 Å². The van der Waals surface area contributed by atoms with E-state index in [4.69, 9.17) is 5.73 Å². The summed E-state index contributed by atoms with van der Waals surface area (Å²) in [5.74, 6) is 0.135. The number of amides is 1. The Morgan fingerprint density at radius 1 is 1.20 bits per heavy atom. The van der Waals surface area contributed by atoms with E-state index in [0.29, 0.717) is 19.0 Å². The zero-order valence-electron chi connectivity index (χ0n) is 13.3. The molecule has 0 fully saturated rings. The minimum Gasteiger partial charge on any atom is -0.340 e. The Labute approximate surface area is 123 Å². The summed E-state index contributed by atoms with van der Waals surface area (Å²) >= 11 is 0. The number of rotatable bonds is 9. The molecule has 7 heteroatoms. The summed E-state index contributed by atoms with van der Waals surface area (Å²) in [6.07, 6.45) is 1.33. The van der Waals surface area contributed by atoms with E-state index in [2.05, 4.69) is 0 Å². The number of sulfone groups is 1. The first kappa shape index (κ1) is 19.3. The Bertz CT molecular complexity index is 394. The van der Waals surface area contributed by atoms with Gasteiger partial charge in [-0.1, -0.05) is 13.8 Å². The maximum atomic E-state index is 12.3. The van der Waals surface area contributed by atoms with E-state index >= 15 is 0 Å². The molecule has 0 aromatic heterocycles. The highest BCUT2D eigenvalue weighted by Gasteiger charge is 2.22. The first-order valence-corrected chi connectivity index (χ1v) is 8.95. The van der Waals surface area contributed by atoms with Gasteiger partial charge in [0.2, 0.25) is 5.91 Å². The first-order valence-electron chi connectivity index (χ1n) is 6.89. The van der Waals surface area contributed by atoms with E-state index < -0.39 is 15.9 Å². The van der Waals surface area contributed by atoms with Gasteiger partial charge in [-0.25, -0.2) is 8.42 Å². The van der Waals surface area contributed by atoms with Gasteiger partial charge in [0.15, 0.2) is 0 Å². The summed E-state index contributed by atoms with van der Waals surface area (Å²) in [4.78, 5) is 16.0. The van der Waals surface area contributed by atoms with Gasteiger partial charge in [-0.05, 0) is 26.4 Å². The van der Waals surface area contributed by atoms with Crippen molar-refractivity contribution in [2.24, 2.45) is 11.7 Å². The Morgan fingerprint density at radius 3 is 2.15 bits per heavy atom. The lowest BCUT2D eigenvalue weighted by Gasteiger charge is -2.28. The van der Waals surface area contributed by atoms with Crippen molar-refractivity contribution < 1.29 is 13.2 Å². The second-order valence-corrected chi connectivity index (χ2v) is 8.27. The molecule has 0 aliphatic heterocycles. The molecule has 0 heterocycles. The smallest absolute Gasteiger partial charge is 0.239 e. The largest absolute Gasteiger partial charge is 0.340 e. The Hall–Kier alpha value is -0.660. The summed E-state index contributed by atoms with van der Waals surface area (Å²) in [7, 11) is 0.806. The minimum atomic E-state index is -3.09. The molecule has 0 aliphatic rings. The SMILES string of the molecule is CC(C)CN(CCN(C)C)C(=O)C(N)CCS(C)(=O)=O. The summed E-state index contributed by atoms with van der Waals surface area (Å²) < 4.78 is 22.3. The molecule has 20 heavy (non-hydrogen) atoms. The number of nitrogens with zero attached hydrogens (tertiary/aromatic N) is 2. The molecule has 1 amide bonds. The number of hydrogen-bond acceptors (Lipinski definition) is 5. The van der Waals surface area contributed by atoms with Crippen molar-refractivity contribution in [3.63, 3.8) is 0 Å². The molecule has 1 unspecified atom stereocenters. The maximum absolute atomic E-state index is 12.3. The fourth-order valence-corrected chi connectivity index (χ4v) is 2.43. The molecule has 0 rings (SSSR count). The Morgan fingerprint density at radius 2 is 1.75 bits per heavy atom. The molecular formula is C13H29N3O3S. The summed E-state index contributed by atoms with van der Waals surface area (Å²) in [5.41, 5.74) is 5.84. The van der Waals surface area contributed by atoms with Crippen LogP contribution in [0.3, 0.4) is 0 Å². The second kappa shape index (κ2) is 8.59. The van der Waals surface area contributed by atoms with E-state index in [1.807, 2.05) is 32.8 Å². The van der Waals surface area contributed by atoms with Gasteiger partial charge in [-0.2, -0.15) is 0 Å². The topological polar surface area (TPSA) is 83.7 Å². The Kier molecular flexibility index (Phi) is 8.30. The average Bonchev–Trinajstić information content (AvgIpc) is 2.28. The highest BCUT2D eigenvalue weighted by atomic mass is 32.2. The molecule has 0 spiro atoms. The zero-order chi connectivity index (χ0) is 15.9. The third-order valence-electron chi connectivity index (χ3n) is 2.83. The zero-order valence-corrected chi connectivity index (χ0v) is 14.1. The van der Waals surface area contributed by atoms with Crippen LogP contribution in [0.25, 0.3) is 0 Å². The summed E-state index contributed by atoms with van der Waals surface area (Å²) in [6.45, 7) is 6.09. The van der Waals surface area contributed by atoms with Crippen LogP contribution in [-0.2, 0) is 14.6 Å². The third-order valence-corrected chi connectivity index (χ3v) is 3.81. The number of nitrogens with two attached hydrogens (primary N) is 1. The molecule has 2 N–H and O–H groups in total. The summed E-state index contributed by atoms with van der Waals surface area (Å²) in [5, 5.41) is 0. The Balaban J connectivity index is 4.58. The quantitative estimate of drug-likeness (QED) is 0.637. The van der Waals surface area contributed by atoms with Gasteiger partial charge in [0.05, 0.1) is 11.8 Å².